The van der Waals surface area contributed by atoms with Crippen molar-refractivity contribution in [1.29, 1.82) is 0 Å². The van der Waals surface area contributed by atoms with Crippen LogP contribution in [-0.4, -0.2) is 59.1 Å². The predicted octanol–water partition coefficient (Wildman–Crippen LogP) is 3.58. The molecule has 33 heavy (non-hydrogen) atoms. The predicted molar refractivity (Wildman–Crippen MR) is 129 cm³/mol. The minimum Gasteiger partial charge on any atom is -0.497 e. The molecule has 1 aromatic carbocycles. The maximum absolute atomic E-state index is 13.9. The van der Waals surface area contributed by atoms with Gasteiger partial charge in [-0.25, -0.2) is 0 Å². The number of pyridine rings is 1. The highest BCUT2D eigenvalue weighted by Crippen LogP contribution is 2.45. The van der Waals surface area contributed by atoms with Gasteiger partial charge in [-0.1, -0.05) is 18.1 Å². The van der Waals surface area contributed by atoms with Crippen LogP contribution in [0.4, 0.5) is 0 Å². The van der Waals surface area contributed by atoms with Gasteiger partial charge >= 0.3 is 0 Å². The Bertz CT molecular complexity index is 1200. The molecular weight excluding hydrogens is 414 g/mol. The summed E-state index contributed by atoms with van der Waals surface area (Å²) >= 11 is 0. The topological polar surface area (TPSA) is 54.8 Å². The van der Waals surface area contributed by atoms with Crippen molar-refractivity contribution in [1.82, 2.24) is 14.4 Å². The third-order valence-electron chi connectivity index (χ3n) is 8.55. The van der Waals surface area contributed by atoms with Crippen molar-refractivity contribution in [3.05, 3.63) is 51.8 Å². The minimum atomic E-state index is -0.180. The van der Waals surface area contributed by atoms with Crippen LogP contribution in [0.15, 0.2) is 40.8 Å². The molecule has 4 atom stereocenters. The molecule has 0 radical (unpaired) electrons. The third-order valence-corrected chi connectivity index (χ3v) is 8.55. The van der Waals surface area contributed by atoms with E-state index in [1.807, 2.05) is 22.6 Å². The molecule has 4 heterocycles. The summed E-state index contributed by atoms with van der Waals surface area (Å²) in [6.07, 6.45) is 11.4. The van der Waals surface area contributed by atoms with Crippen LogP contribution in [-0.2, 0) is 7.05 Å². The molecule has 4 aliphatic rings. The normalized spacial score (nSPS) is 29.3. The van der Waals surface area contributed by atoms with Crippen molar-refractivity contribution in [2.24, 2.45) is 18.9 Å². The van der Waals surface area contributed by atoms with Crippen LogP contribution >= 0.6 is 0 Å². The molecule has 1 amide bonds. The van der Waals surface area contributed by atoms with Gasteiger partial charge in [0, 0.05) is 43.8 Å². The second-order valence-electron chi connectivity index (χ2n) is 10.4. The molecule has 0 N–H and O–H groups in total. The summed E-state index contributed by atoms with van der Waals surface area (Å²) in [6.45, 7) is 3.01. The molecule has 6 rings (SSSR count). The maximum atomic E-state index is 13.9. The van der Waals surface area contributed by atoms with E-state index in [0.29, 0.717) is 29.0 Å². The second kappa shape index (κ2) is 8.01. The molecule has 3 saturated heterocycles. The summed E-state index contributed by atoms with van der Waals surface area (Å²) in [5.41, 5.74) is 2.33. The summed E-state index contributed by atoms with van der Waals surface area (Å²) in [6, 6.07) is 6.25. The molecule has 2 aromatic rings. The maximum Gasteiger partial charge on any atom is 0.259 e. The van der Waals surface area contributed by atoms with Gasteiger partial charge in [-0.2, -0.15) is 0 Å². The van der Waals surface area contributed by atoms with Gasteiger partial charge in [0.15, 0.2) is 0 Å². The molecular formula is C27H33N3O3. The number of aryl methyl sites for hydroxylation is 1. The van der Waals surface area contributed by atoms with Crippen molar-refractivity contribution in [3.63, 3.8) is 0 Å². The first-order chi connectivity index (χ1) is 16.0. The van der Waals surface area contributed by atoms with E-state index in [1.54, 1.807) is 25.4 Å². The Morgan fingerprint density at radius 2 is 2.03 bits per heavy atom. The lowest BCUT2D eigenvalue weighted by molar-refractivity contribution is 0.00142. The van der Waals surface area contributed by atoms with Crippen LogP contribution in [0.5, 0.6) is 5.75 Å². The van der Waals surface area contributed by atoms with Crippen LogP contribution in [0.25, 0.3) is 10.9 Å². The lowest BCUT2D eigenvalue weighted by atomic mass is 9.68. The molecule has 1 aromatic heterocycles. The van der Waals surface area contributed by atoms with Crippen molar-refractivity contribution in [3.8, 4) is 5.75 Å². The molecule has 3 aliphatic heterocycles. The molecule has 3 fully saturated rings. The molecule has 1 aliphatic carbocycles. The first kappa shape index (κ1) is 21.0. The van der Waals surface area contributed by atoms with Crippen molar-refractivity contribution < 1.29 is 9.53 Å². The Morgan fingerprint density at radius 1 is 1.15 bits per heavy atom. The number of hydrogen-bond donors (Lipinski definition) is 0. The fourth-order valence-electron chi connectivity index (χ4n) is 7.10. The number of amides is 1. The van der Waals surface area contributed by atoms with Crippen LogP contribution in [0.3, 0.4) is 0 Å². The zero-order chi connectivity index (χ0) is 22.7. The average molecular weight is 448 g/mol. The van der Waals surface area contributed by atoms with E-state index in [1.165, 1.54) is 37.8 Å². The van der Waals surface area contributed by atoms with Crippen LogP contribution in [0.1, 0.15) is 48.9 Å². The Balaban J connectivity index is 1.37. The van der Waals surface area contributed by atoms with E-state index in [9.17, 15) is 9.59 Å². The first-order valence-electron chi connectivity index (χ1n) is 12.5. The Labute approximate surface area is 194 Å². The smallest absolute Gasteiger partial charge is 0.259 e. The number of nitrogens with zero attached hydrogens (tertiary/aromatic N) is 3. The Kier molecular flexibility index (Phi) is 5.09. The van der Waals surface area contributed by atoms with E-state index < -0.39 is 0 Å². The summed E-state index contributed by atoms with van der Waals surface area (Å²) in [5, 5.41) is 0.564. The highest BCUT2D eigenvalue weighted by molar-refractivity contribution is 5.98. The number of ether oxygens (including phenoxy) is 1. The first-order valence-corrected chi connectivity index (χ1v) is 12.5. The molecule has 0 saturated carbocycles. The van der Waals surface area contributed by atoms with Gasteiger partial charge in [-0.05, 0) is 62.6 Å². The quantitative estimate of drug-likeness (QED) is 0.661. The van der Waals surface area contributed by atoms with E-state index >= 15 is 0 Å². The Morgan fingerprint density at radius 3 is 2.88 bits per heavy atom. The molecule has 6 nitrogen and oxygen atoms in total. The number of hydrogen-bond acceptors (Lipinski definition) is 4. The second-order valence-corrected chi connectivity index (χ2v) is 10.4. The lowest BCUT2D eigenvalue weighted by Gasteiger charge is -2.54. The number of piperidine rings is 3. The van der Waals surface area contributed by atoms with Gasteiger partial charge in [-0.15, -0.1) is 0 Å². The number of aromatic nitrogens is 1. The fraction of sp³-hybridized carbons (Fsp3) is 0.556. The van der Waals surface area contributed by atoms with Gasteiger partial charge in [0.1, 0.15) is 11.3 Å². The molecule has 174 valence electrons. The third kappa shape index (κ3) is 3.33. The van der Waals surface area contributed by atoms with E-state index in [-0.39, 0.29) is 22.9 Å². The van der Waals surface area contributed by atoms with Gasteiger partial charge < -0.3 is 14.2 Å². The monoisotopic (exact) mass is 447 g/mol. The number of methoxy groups -OCH3 is 1. The summed E-state index contributed by atoms with van der Waals surface area (Å²) in [5.74, 6) is 1.70. The molecule has 4 unspecified atom stereocenters. The summed E-state index contributed by atoms with van der Waals surface area (Å²) < 4.78 is 7.20. The van der Waals surface area contributed by atoms with Crippen molar-refractivity contribution >= 4 is 16.8 Å². The van der Waals surface area contributed by atoms with Gasteiger partial charge in [0.2, 0.25) is 5.43 Å². The largest absolute Gasteiger partial charge is 0.497 e. The van der Waals surface area contributed by atoms with Crippen LogP contribution in [0, 0.1) is 11.8 Å². The highest BCUT2D eigenvalue weighted by atomic mass is 16.5. The number of carbonyl (C=O) groups excluding carboxylic acids is 1. The average Bonchev–Trinajstić information content (AvgIpc) is 2.85. The molecule has 0 spiro atoms. The number of fused-ring (bicyclic) bond motifs is 7. The van der Waals surface area contributed by atoms with Gasteiger partial charge in [0.25, 0.3) is 5.91 Å². The number of likely N-dealkylation sites (tertiary alicyclic amines) is 1. The fourth-order valence-corrected chi connectivity index (χ4v) is 7.10. The molecule has 6 heteroatoms. The highest BCUT2D eigenvalue weighted by Gasteiger charge is 2.47. The number of carbonyl (C=O) groups is 1. The number of benzene rings is 1. The zero-order valence-corrected chi connectivity index (χ0v) is 19.6. The lowest BCUT2D eigenvalue weighted by Crippen LogP contribution is -2.60. The zero-order valence-electron chi connectivity index (χ0n) is 19.6. The van der Waals surface area contributed by atoms with Crippen LogP contribution < -0.4 is 10.2 Å². The van der Waals surface area contributed by atoms with Gasteiger partial charge in [-0.3, -0.25) is 14.5 Å². The summed E-state index contributed by atoms with van der Waals surface area (Å²) in [4.78, 5) is 32.0. The Hall–Kier alpha value is -2.60. The minimum absolute atomic E-state index is 0.108. The van der Waals surface area contributed by atoms with E-state index in [2.05, 4.69) is 11.0 Å². The van der Waals surface area contributed by atoms with E-state index in [4.69, 9.17) is 4.74 Å². The number of rotatable bonds is 2. The van der Waals surface area contributed by atoms with Gasteiger partial charge in [0.05, 0.1) is 18.7 Å². The molecule has 2 bridgehead atoms. The standard InChI is InChI=1S/C27H33N3O3/c1-28-16-22(26(31)21-9-8-20(33-2)14-24(21)28)27(32)30-11-5-6-17-12-18-13-19(25(17)30)15-29-10-4-3-7-23(18)29/h8-9,12,14,16,18-19,23,25H,3-7,10-11,13,15H2,1-2H3. The van der Waals surface area contributed by atoms with Crippen LogP contribution in [0.2, 0.25) is 0 Å². The van der Waals surface area contributed by atoms with E-state index in [0.717, 1.165) is 31.4 Å². The van der Waals surface area contributed by atoms with Crippen molar-refractivity contribution in [2.75, 3.05) is 26.7 Å². The SMILES string of the molecule is COc1ccc2c(=O)c(C(=O)N3CCCC4=CC5CC(CN6CCCCC56)C43)cn(C)c2c1. The van der Waals surface area contributed by atoms with Crippen molar-refractivity contribution in [2.45, 2.75) is 50.6 Å². The summed E-state index contributed by atoms with van der Waals surface area (Å²) in [7, 11) is 3.51.